The van der Waals surface area contributed by atoms with Gasteiger partial charge in [-0.15, -0.1) is 0 Å². The lowest BCUT2D eigenvalue weighted by Gasteiger charge is -2.10. The van der Waals surface area contributed by atoms with Crippen molar-refractivity contribution in [1.82, 2.24) is 4.68 Å². The van der Waals surface area contributed by atoms with Gasteiger partial charge in [0.2, 0.25) is 0 Å². The summed E-state index contributed by atoms with van der Waals surface area (Å²) in [6.07, 6.45) is 3.45. The van der Waals surface area contributed by atoms with Crippen LogP contribution in [0.15, 0.2) is 73.1 Å². The monoisotopic (exact) mass is 304 g/mol. The van der Waals surface area contributed by atoms with Gasteiger partial charge in [0, 0.05) is 23.5 Å². The zero-order valence-corrected chi connectivity index (χ0v) is 12.7. The van der Waals surface area contributed by atoms with Gasteiger partial charge in [-0.1, -0.05) is 48.0 Å². The Morgan fingerprint density at radius 2 is 1.43 bits per heavy atom. The lowest BCUT2D eigenvalue weighted by molar-refractivity contribution is 0.0986. The molecule has 0 fully saturated rings. The number of aromatic nitrogens is 1. The Balaban J connectivity index is 1.92. The van der Waals surface area contributed by atoms with Crippen molar-refractivity contribution < 1.29 is 9.59 Å². The number of carbonyl (C=O) groups is 2. The first-order valence-corrected chi connectivity index (χ1v) is 7.30. The summed E-state index contributed by atoms with van der Waals surface area (Å²) in [6.45, 7) is 1.97. The molecular weight excluding hydrogens is 288 g/mol. The Labute approximate surface area is 134 Å². The van der Waals surface area contributed by atoms with Gasteiger partial charge in [-0.2, -0.15) is 0 Å². The van der Waals surface area contributed by atoms with Crippen LogP contribution in [0.3, 0.4) is 0 Å². The second kappa shape index (κ2) is 6.32. The summed E-state index contributed by atoms with van der Waals surface area (Å²) in [5.41, 5.74) is 5.11. The molecule has 3 aromatic rings. The number of rotatable bonds is 4. The Bertz CT molecular complexity index is 834. The van der Waals surface area contributed by atoms with Gasteiger partial charge in [-0.3, -0.25) is 19.7 Å². The summed E-state index contributed by atoms with van der Waals surface area (Å²) >= 11 is 0. The van der Waals surface area contributed by atoms with Crippen LogP contribution in [0.1, 0.15) is 31.8 Å². The minimum Gasteiger partial charge on any atom is -0.289 e. The maximum absolute atomic E-state index is 12.7. The molecule has 3 rings (SSSR count). The first kappa shape index (κ1) is 14.8. The van der Waals surface area contributed by atoms with E-state index in [4.69, 9.17) is 0 Å². The molecule has 2 aromatic carbocycles. The van der Waals surface area contributed by atoms with Crippen molar-refractivity contribution in [3.63, 3.8) is 0 Å². The number of hydrogen-bond donors (Lipinski definition) is 1. The van der Waals surface area contributed by atoms with Crippen molar-refractivity contribution in [2.45, 2.75) is 6.92 Å². The van der Waals surface area contributed by atoms with E-state index in [1.165, 1.54) is 0 Å². The summed E-state index contributed by atoms with van der Waals surface area (Å²) in [5, 5.41) is 0. The van der Waals surface area contributed by atoms with Crippen LogP contribution in [-0.2, 0) is 0 Å². The highest BCUT2D eigenvalue weighted by Crippen LogP contribution is 2.16. The summed E-state index contributed by atoms with van der Waals surface area (Å²) in [4.78, 5) is 25.1. The Kier molecular flexibility index (Phi) is 4.06. The fourth-order valence-electron chi connectivity index (χ4n) is 2.33. The lowest BCUT2D eigenvalue weighted by atomic mass is 9.97. The van der Waals surface area contributed by atoms with Gasteiger partial charge in [-0.05, 0) is 25.1 Å². The van der Waals surface area contributed by atoms with Crippen LogP contribution in [0.4, 0.5) is 0 Å². The van der Waals surface area contributed by atoms with Gasteiger partial charge in [0.05, 0.1) is 5.56 Å². The molecule has 0 radical (unpaired) electrons. The molecule has 0 spiro atoms. The Morgan fingerprint density at radius 1 is 0.826 bits per heavy atom. The van der Waals surface area contributed by atoms with Crippen molar-refractivity contribution in [1.29, 1.82) is 0 Å². The zero-order valence-electron chi connectivity index (χ0n) is 12.7. The normalized spacial score (nSPS) is 10.3. The summed E-state index contributed by atoms with van der Waals surface area (Å²) < 4.78 is 1.55. The fourth-order valence-corrected chi connectivity index (χ4v) is 2.33. The molecule has 4 heteroatoms. The number of amides is 1. The predicted molar refractivity (Wildman–Crippen MR) is 89.2 cm³/mol. The maximum Gasteiger partial charge on any atom is 0.270 e. The first-order chi connectivity index (χ1) is 11.1. The molecule has 0 saturated heterocycles. The van der Waals surface area contributed by atoms with Crippen LogP contribution in [0.5, 0.6) is 0 Å². The third kappa shape index (κ3) is 3.21. The minimum atomic E-state index is -0.322. The standard InChI is InChI=1S/C19H16N2O2/c1-14-8-10-15(11-9-14)18(22)16-6-2-3-7-17(16)19(23)20-21-12-4-5-13-21/h2-13H,1H3,(H,20,23). The van der Waals surface area contributed by atoms with Gasteiger partial charge < -0.3 is 0 Å². The smallest absolute Gasteiger partial charge is 0.270 e. The van der Waals surface area contributed by atoms with E-state index in [0.29, 0.717) is 16.7 Å². The lowest BCUT2D eigenvalue weighted by Crippen LogP contribution is -2.23. The van der Waals surface area contributed by atoms with Gasteiger partial charge in [-0.25, -0.2) is 0 Å². The maximum atomic E-state index is 12.7. The number of nitrogens with zero attached hydrogens (tertiary/aromatic N) is 1. The van der Waals surface area contributed by atoms with E-state index in [9.17, 15) is 9.59 Å². The van der Waals surface area contributed by atoms with Gasteiger partial charge >= 0.3 is 0 Å². The van der Waals surface area contributed by atoms with Crippen molar-refractivity contribution in [3.05, 3.63) is 95.3 Å². The van der Waals surface area contributed by atoms with Gasteiger partial charge in [0.15, 0.2) is 5.78 Å². The van der Waals surface area contributed by atoms with E-state index in [1.54, 1.807) is 53.5 Å². The summed E-state index contributed by atoms with van der Waals surface area (Å²) in [7, 11) is 0. The molecular formula is C19H16N2O2. The van der Waals surface area contributed by atoms with Crippen molar-refractivity contribution >= 4 is 11.7 Å². The number of ketones is 1. The van der Waals surface area contributed by atoms with Crippen LogP contribution < -0.4 is 5.43 Å². The fraction of sp³-hybridized carbons (Fsp3) is 0.0526. The summed E-state index contributed by atoms with van der Waals surface area (Å²) in [6, 6.07) is 17.8. The van der Waals surface area contributed by atoms with Gasteiger partial charge in [0.25, 0.3) is 5.91 Å². The van der Waals surface area contributed by atoms with Gasteiger partial charge in [0.1, 0.15) is 0 Å². The predicted octanol–water partition coefficient (Wildman–Crippen LogP) is 3.41. The first-order valence-electron chi connectivity index (χ1n) is 7.30. The highest BCUT2D eigenvalue weighted by Gasteiger charge is 2.18. The van der Waals surface area contributed by atoms with Crippen molar-refractivity contribution in [3.8, 4) is 0 Å². The van der Waals surface area contributed by atoms with E-state index in [2.05, 4.69) is 5.43 Å². The number of benzene rings is 2. The average molecular weight is 304 g/mol. The van der Waals surface area contributed by atoms with E-state index in [1.807, 2.05) is 31.2 Å². The minimum absolute atomic E-state index is 0.164. The van der Waals surface area contributed by atoms with E-state index >= 15 is 0 Å². The van der Waals surface area contributed by atoms with Crippen LogP contribution in [0.2, 0.25) is 0 Å². The third-order valence-electron chi connectivity index (χ3n) is 3.57. The van der Waals surface area contributed by atoms with E-state index < -0.39 is 0 Å². The summed E-state index contributed by atoms with van der Waals surface area (Å²) in [5.74, 6) is -0.486. The molecule has 23 heavy (non-hydrogen) atoms. The van der Waals surface area contributed by atoms with Crippen LogP contribution in [0, 0.1) is 6.92 Å². The molecule has 0 aliphatic rings. The molecule has 1 heterocycles. The average Bonchev–Trinajstić information content (AvgIpc) is 3.08. The zero-order chi connectivity index (χ0) is 16.2. The van der Waals surface area contributed by atoms with Crippen LogP contribution in [-0.4, -0.2) is 16.4 Å². The molecule has 0 unspecified atom stereocenters. The topological polar surface area (TPSA) is 51.1 Å². The number of aryl methyl sites for hydroxylation is 1. The number of hydrogen-bond acceptors (Lipinski definition) is 2. The number of nitrogens with one attached hydrogen (secondary N) is 1. The molecule has 114 valence electrons. The van der Waals surface area contributed by atoms with E-state index in [0.717, 1.165) is 5.56 Å². The van der Waals surface area contributed by atoms with Crippen LogP contribution >= 0.6 is 0 Å². The molecule has 4 nitrogen and oxygen atoms in total. The molecule has 0 bridgehead atoms. The van der Waals surface area contributed by atoms with Crippen LogP contribution in [0.25, 0.3) is 0 Å². The third-order valence-corrected chi connectivity index (χ3v) is 3.57. The van der Waals surface area contributed by atoms with E-state index in [-0.39, 0.29) is 11.7 Å². The molecule has 0 aliphatic heterocycles. The second-order valence-corrected chi connectivity index (χ2v) is 5.27. The Hall–Kier alpha value is -3.14. The molecule has 0 atom stereocenters. The number of carbonyl (C=O) groups excluding carboxylic acids is 2. The van der Waals surface area contributed by atoms with Crippen molar-refractivity contribution in [2.24, 2.45) is 0 Å². The molecule has 1 N–H and O–H groups in total. The molecule has 1 aromatic heterocycles. The van der Waals surface area contributed by atoms with Crippen molar-refractivity contribution in [2.75, 3.05) is 5.43 Å². The molecule has 0 saturated carbocycles. The highest BCUT2D eigenvalue weighted by atomic mass is 16.2. The SMILES string of the molecule is Cc1ccc(C(=O)c2ccccc2C(=O)Nn2cccc2)cc1. The quantitative estimate of drug-likeness (QED) is 0.751. The Morgan fingerprint density at radius 3 is 2.09 bits per heavy atom. The molecule has 1 amide bonds. The highest BCUT2D eigenvalue weighted by molar-refractivity contribution is 6.16. The molecule has 0 aliphatic carbocycles. The second-order valence-electron chi connectivity index (χ2n) is 5.27. The largest absolute Gasteiger partial charge is 0.289 e.